The maximum atomic E-state index is 15.3. The summed E-state index contributed by atoms with van der Waals surface area (Å²) >= 11 is 0. The largest absolute Gasteiger partial charge is 0.497 e. The zero-order chi connectivity index (χ0) is 40.2. The van der Waals surface area contributed by atoms with Gasteiger partial charge in [-0.1, -0.05) is 91.0 Å². The molecule has 4 atom stereocenters. The molecule has 10 nitrogen and oxygen atoms in total. The van der Waals surface area contributed by atoms with Crippen LogP contribution in [0.1, 0.15) is 58.1 Å². The topological polar surface area (TPSA) is 109 Å². The second kappa shape index (κ2) is 17.2. The summed E-state index contributed by atoms with van der Waals surface area (Å²) in [5, 5.41) is 11.2. The molecule has 11 heteroatoms. The van der Waals surface area contributed by atoms with Gasteiger partial charge in [-0.15, -0.1) is 0 Å². The molecule has 0 unspecified atom stereocenters. The van der Waals surface area contributed by atoms with Crippen LogP contribution in [0.5, 0.6) is 5.75 Å². The smallest absolute Gasteiger partial charge is 0.414 e. The van der Waals surface area contributed by atoms with E-state index in [0.717, 1.165) is 35.0 Å². The fraction of sp³-hybridized carbons (Fsp3) is 0.444. The lowest BCUT2D eigenvalue weighted by Gasteiger charge is -2.37. The number of amides is 3. The Morgan fingerprint density at radius 3 is 2.41 bits per heavy atom. The quantitative estimate of drug-likeness (QED) is 0.127. The van der Waals surface area contributed by atoms with E-state index in [-0.39, 0.29) is 49.5 Å². The van der Waals surface area contributed by atoms with E-state index < -0.39 is 25.9 Å². The molecule has 3 aliphatic rings. The second-order valence-electron chi connectivity index (χ2n) is 16.1. The van der Waals surface area contributed by atoms with E-state index in [1.807, 2.05) is 65.6 Å². The molecule has 0 saturated carbocycles. The van der Waals surface area contributed by atoms with Crippen LogP contribution < -0.4 is 19.7 Å². The Morgan fingerprint density at radius 1 is 1.04 bits per heavy atom. The predicted octanol–water partition coefficient (Wildman–Crippen LogP) is 7.32. The standard InChI is InChI=1S/C45H57N3O7Si/c1-31(2)12-11-13-32(3)22-23-48-39-21-16-35(47-25-27-54-44(47)52)28-38(39)45(43(48)51)33(4)42(56(6,7)37-19-17-36(53-5)18-20-37)40(55-45)29-41(50)46(24-26-49)30-34-14-9-8-10-15-34/h8-10,12,14-22,28,33,40,42,49H,11,13,23-27,29-30H2,1-7H3/b32-22+/t33-,40+,42-,45+/m0/s1. The number of benzene rings is 3. The number of cyclic esters (lactones) is 1. The zero-order valence-corrected chi connectivity index (χ0v) is 34.9. The van der Waals surface area contributed by atoms with E-state index in [0.29, 0.717) is 30.9 Å². The number of ether oxygens (including phenoxy) is 3. The number of hydrogen-bond donors (Lipinski definition) is 1. The highest BCUT2D eigenvalue weighted by atomic mass is 28.3. The molecule has 2 saturated heterocycles. The van der Waals surface area contributed by atoms with Crippen LogP contribution in [0, 0.1) is 5.92 Å². The molecular weight excluding hydrogens is 723 g/mol. The van der Waals surface area contributed by atoms with Crippen molar-refractivity contribution in [3.63, 3.8) is 0 Å². The van der Waals surface area contributed by atoms with Crippen molar-refractivity contribution in [2.75, 3.05) is 49.8 Å². The van der Waals surface area contributed by atoms with Crippen molar-refractivity contribution in [2.24, 2.45) is 5.92 Å². The Labute approximate surface area is 332 Å². The van der Waals surface area contributed by atoms with Crippen molar-refractivity contribution in [3.05, 3.63) is 107 Å². The van der Waals surface area contributed by atoms with Crippen LogP contribution in [0.25, 0.3) is 0 Å². The molecule has 1 spiro atoms. The van der Waals surface area contributed by atoms with E-state index in [9.17, 15) is 14.7 Å². The molecule has 3 aromatic rings. The molecule has 0 radical (unpaired) electrons. The normalized spacial score (nSPS) is 22.1. The Morgan fingerprint density at radius 2 is 1.77 bits per heavy atom. The maximum Gasteiger partial charge on any atom is 0.414 e. The number of rotatable bonds is 15. The van der Waals surface area contributed by atoms with E-state index >= 15 is 4.79 Å². The number of carbonyl (C=O) groups is 3. The van der Waals surface area contributed by atoms with Crippen molar-refractivity contribution in [3.8, 4) is 5.75 Å². The molecule has 1 N–H and O–H groups in total. The first kappa shape index (κ1) is 40.9. The summed E-state index contributed by atoms with van der Waals surface area (Å²) in [4.78, 5) is 47.7. The zero-order valence-electron chi connectivity index (χ0n) is 33.9. The van der Waals surface area contributed by atoms with Gasteiger partial charge in [0.05, 0.1) is 46.5 Å². The first-order chi connectivity index (χ1) is 26.8. The van der Waals surface area contributed by atoms with E-state index in [1.54, 1.807) is 16.9 Å². The van der Waals surface area contributed by atoms with Gasteiger partial charge in [0.15, 0.2) is 5.60 Å². The highest BCUT2D eigenvalue weighted by Gasteiger charge is 2.66. The second-order valence-corrected chi connectivity index (χ2v) is 20.8. The van der Waals surface area contributed by atoms with Gasteiger partial charge in [-0.2, -0.15) is 0 Å². The molecule has 3 heterocycles. The van der Waals surface area contributed by atoms with Crippen LogP contribution in [0.15, 0.2) is 96.1 Å². The highest BCUT2D eigenvalue weighted by molar-refractivity contribution is 6.91. The number of nitrogens with zero attached hydrogens (tertiary/aromatic N) is 3. The number of fused-ring (bicyclic) bond motifs is 2. The molecule has 2 fully saturated rings. The molecule has 3 aliphatic heterocycles. The minimum atomic E-state index is -2.55. The van der Waals surface area contributed by atoms with E-state index in [2.05, 4.69) is 65.1 Å². The number of hydrogen-bond acceptors (Lipinski definition) is 7. The third-order valence-corrected chi connectivity index (χ3v) is 16.3. The summed E-state index contributed by atoms with van der Waals surface area (Å²) in [6.45, 7) is 14.4. The van der Waals surface area contributed by atoms with E-state index in [4.69, 9.17) is 14.2 Å². The maximum absolute atomic E-state index is 15.3. The van der Waals surface area contributed by atoms with Crippen LogP contribution in [0.4, 0.5) is 16.2 Å². The fourth-order valence-corrected chi connectivity index (χ4v) is 12.9. The molecule has 3 amide bonds. The molecule has 298 valence electrons. The average Bonchev–Trinajstić information content (AvgIpc) is 3.81. The lowest BCUT2D eigenvalue weighted by Crippen LogP contribution is -2.52. The molecular formula is C45H57N3O7Si. The lowest BCUT2D eigenvalue weighted by atomic mass is 9.82. The van der Waals surface area contributed by atoms with Crippen molar-refractivity contribution in [1.82, 2.24) is 4.90 Å². The molecule has 56 heavy (non-hydrogen) atoms. The van der Waals surface area contributed by atoms with Crippen LogP contribution >= 0.6 is 0 Å². The summed E-state index contributed by atoms with van der Waals surface area (Å²) in [5.41, 5.74) is 3.93. The van der Waals surface area contributed by atoms with Gasteiger partial charge in [0.1, 0.15) is 12.4 Å². The number of aliphatic hydroxyl groups excluding tert-OH is 1. The van der Waals surface area contributed by atoms with Crippen LogP contribution in [0.2, 0.25) is 18.6 Å². The first-order valence-electron chi connectivity index (χ1n) is 19.8. The van der Waals surface area contributed by atoms with Gasteiger partial charge in [0.25, 0.3) is 5.91 Å². The Bertz CT molecular complexity index is 1960. The summed E-state index contributed by atoms with van der Waals surface area (Å²) in [6.07, 6.45) is 5.16. The van der Waals surface area contributed by atoms with Gasteiger partial charge >= 0.3 is 6.09 Å². The molecule has 6 rings (SSSR count). The van der Waals surface area contributed by atoms with Crippen molar-refractivity contribution < 1.29 is 33.7 Å². The summed E-state index contributed by atoms with van der Waals surface area (Å²) in [5.74, 6) is 0.105. The molecule has 3 aromatic carbocycles. The van der Waals surface area contributed by atoms with Crippen LogP contribution in [0.3, 0.4) is 0 Å². The minimum Gasteiger partial charge on any atom is -0.497 e. The third kappa shape index (κ3) is 8.08. The SMILES string of the molecule is COc1ccc([Si](C)(C)[C@@H]2[C@@H](CC(=O)N(CCO)Cc3ccccc3)O[C@]3(C(=O)N(C/C=C(\C)CCC=C(C)C)c4ccc(N5CCOC5=O)cc43)[C@H]2C)cc1. The van der Waals surface area contributed by atoms with Gasteiger partial charge in [-0.3, -0.25) is 14.5 Å². The van der Waals surface area contributed by atoms with Crippen molar-refractivity contribution in [1.29, 1.82) is 0 Å². The lowest BCUT2D eigenvalue weighted by molar-refractivity contribution is -0.149. The van der Waals surface area contributed by atoms with Gasteiger partial charge in [-0.05, 0) is 75.0 Å². The van der Waals surface area contributed by atoms with Crippen molar-refractivity contribution in [2.45, 2.75) is 83.8 Å². The van der Waals surface area contributed by atoms with E-state index in [1.165, 1.54) is 11.1 Å². The molecule has 0 aliphatic carbocycles. The number of anilines is 2. The first-order valence-corrected chi connectivity index (χ1v) is 22.8. The summed E-state index contributed by atoms with van der Waals surface area (Å²) in [7, 11) is -0.906. The third-order valence-electron chi connectivity index (χ3n) is 11.9. The number of carbonyl (C=O) groups excluding carboxylic acids is 3. The van der Waals surface area contributed by atoms with Crippen LogP contribution in [-0.4, -0.2) is 82.0 Å². The predicted molar refractivity (Wildman–Crippen MR) is 223 cm³/mol. The van der Waals surface area contributed by atoms with Gasteiger partial charge in [-0.25, -0.2) is 4.79 Å². The monoisotopic (exact) mass is 779 g/mol. The Hall–Kier alpha value is -4.71. The highest BCUT2D eigenvalue weighted by Crippen LogP contribution is 2.60. The number of methoxy groups -OCH3 is 1. The fourth-order valence-electron chi connectivity index (χ4n) is 8.93. The Balaban J connectivity index is 1.44. The van der Waals surface area contributed by atoms with Gasteiger partial charge < -0.3 is 29.1 Å². The minimum absolute atomic E-state index is 0.0420. The average molecular weight is 780 g/mol. The number of allylic oxidation sites excluding steroid dienone is 3. The summed E-state index contributed by atoms with van der Waals surface area (Å²) in [6, 6.07) is 23.6. The van der Waals surface area contributed by atoms with Gasteiger partial charge in [0, 0.05) is 36.8 Å². The van der Waals surface area contributed by atoms with Gasteiger partial charge in [0.2, 0.25) is 5.91 Å². The summed E-state index contributed by atoms with van der Waals surface area (Å²) < 4.78 is 18.1. The molecule has 0 aromatic heterocycles. The number of aliphatic hydroxyl groups is 1. The molecule has 0 bridgehead atoms. The van der Waals surface area contributed by atoms with Crippen molar-refractivity contribution >= 4 is 42.5 Å². The Kier molecular flexibility index (Phi) is 12.6. The van der Waals surface area contributed by atoms with Crippen LogP contribution in [-0.2, 0) is 31.2 Å².